The number of hydrogen-bond donors (Lipinski definition) is 1. The number of amides is 1. The molecule has 1 amide bonds. The van der Waals surface area contributed by atoms with E-state index in [9.17, 15) is 9.59 Å². The molecule has 0 spiro atoms. The van der Waals surface area contributed by atoms with Crippen LogP contribution in [0.4, 0.5) is 5.69 Å². The van der Waals surface area contributed by atoms with Crippen LogP contribution in [0.2, 0.25) is 0 Å². The van der Waals surface area contributed by atoms with Gasteiger partial charge in [-0.25, -0.2) is 4.79 Å². The van der Waals surface area contributed by atoms with Crippen molar-refractivity contribution >= 4 is 17.6 Å². The van der Waals surface area contributed by atoms with E-state index in [1.165, 1.54) is 25.5 Å². The van der Waals surface area contributed by atoms with Crippen LogP contribution in [-0.2, 0) is 11.3 Å². The molecule has 1 atom stereocenters. The first-order valence-corrected chi connectivity index (χ1v) is 9.36. The van der Waals surface area contributed by atoms with Crippen LogP contribution in [0, 0.1) is 5.92 Å². The molecule has 0 radical (unpaired) electrons. The first-order chi connectivity index (χ1) is 13.0. The normalized spacial score (nSPS) is 17.3. The molecular formula is C22H26N2O3. The van der Waals surface area contributed by atoms with E-state index in [0.717, 1.165) is 25.6 Å². The first kappa shape index (κ1) is 19.1. The van der Waals surface area contributed by atoms with Crippen LogP contribution in [0.25, 0.3) is 0 Å². The van der Waals surface area contributed by atoms with Gasteiger partial charge in [0.25, 0.3) is 5.91 Å². The van der Waals surface area contributed by atoms with E-state index in [1.54, 1.807) is 24.3 Å². The molecule has 1 heterocycles. The summed E-state index contributed by atoms with van der Waals surface area (Å²) in [6.07, 6.45) is 2.58. The fourth-order valence-corrected chi connectivity index (χ4v) is 3.46. The number of nitrogens with zero attached hydrogens (tertiary/aromatic N) is 1. The summed E-state index contributed by atoms with van der Waals surface area (Å²) < 4.78 is 4.67. The van der Waals surface area contributed by atoms with Crippen LogP contribution in [-0.4, -0.2) is 37.0 Å². The minimum absolute atomic E-state index is 0.168. The van der Waals surface area contributed by atoms with Crippen molar-refractivity contribution in [1.29, 1.82) is 0 Å². The fourth-order valence-electron chi connectivity index (χ4n) is 3.46. The van der Waals surface area contributed by atoms with E-state index in [-0.39, 0.29) is 5.91 Å². The number of anilines is 1. The standard InChI is InChI=1S/C22H26N2O3/c1-16-4-3-13-24(14-16)15-17-5-7-18(8-6-17)21(25)23-20-11-9-19(10-12-20)22(26)27-2/h5-12,16H,3-4,13-15H2,1-2H3,(H,23,25)/t16-/m0/s1. The Kier molecular flexibility index (Phi) is 6.24. The Morgan fingerprint density at radius 3 is 2.37 bits per heavy atom. The second-order valence-corrected chi connectivity index (χ2v) is 7.20. The zero-order valence-corrected chi connectivity index (χ0v) is 15.9. The number of carbonyl (C=O) groups excluding carboxylic acids is 2. The minimum atomic E-state index is -0.397. The van der Waals surface area contributed by atoms with E-state index < -0.39 is 5.97 Å². The van der Waals surface area contributed by atoms with Crippen molar-refractivity contribution in [3.05, 3.63) is 65.2 Å². The number of rotatable bonds is 5. The topological polar surface area (TPSA) is 58.6 Å². The number of piperidine rings is 1. The van der Waals surface area contributed by atoms with Crippen molar-refractivity contribution in [3.63, 3.8) is 0 Å². The van der Waals surface area contributed by atoms with Crippen LogP contribution in [0.5, 0.6) is 0 Å². The third-order valence-corrected chi connectivity index (χ3v) is 4.93. The molecule has 1 fully saturated rings. The second kappa shape index (κ2) is 8.82. The van der Waals surface area contributed by atoms with Crippen molar-refractivity contribution in [2.24, 2.45) is 5.92 Å². The molecule has 1 saturated heterocycles. The minimum Gasteiger partial charge on any atom is -0.465 e. The van der Waals surface area contributed by atoms with E-state index in [0.29, 0.717) is 16.8 Å². The molecule has 0 aliphatic carbocycles. The summed E-state index contributed by atoms with van der Waals surface area (Å²) in [5, 5.41) is 2.85. The van der Waals surface area contributed by atoms with Crippen LogP contribution in [0.3, 0.4) is 0 Å². The molecular weight excluding hydrogens is 340 g/mol. The van der Waals surface area contributed by atoms with Gasteiger partial charge >= 0.3 is 5.97 Å². The zero-order chi connectivity index (χ0) is 19.2. The van der Waals surface area contributed by atoms with E-state index >= 15 is 0 Å². The number of esters is 1. The van der Waals surface area contributed by atoms with E-state index in [2.05, 4.69) is 21.9 Å². The van der Waals surface area contributed by atoms with Crippen molar-refractivity contribution in [1.82, 2.24) is 4.90 Å². The summed E-state index contributed by atoms with van der Waals surface area (Å²) in [4.78, 5) is 26.3. The average molecular weight is 366 g/mol. The maximum absolute atomic E-state index is 12.4. The molecule has 5 nitrogen and oxygen atoms in total. The van der Waals surface area contributed by atoms with Crippen LogP contribution in [0.1, 0.15) is 46.0 Å². The third-order valence-electron chi connectivity index (χ3n) is 4.93. The van der Waals surface area contributed by atoms with Crippen molar-refractivity contribution in [2.75, 3.05) is 25.5 Å². The summed E-state index contributed by atoms with van der Waals surface area (Å²) in [6.45, 7) is 5.52. The molecule has 0 bridgehead atoms. The van der Waals surface area contributed by atoms with Gasteiger partial charge in [-0.05, 0) is 67.3 Å². The highest BCUT2D eigenvalue weighted by Gasteiger charge is 2.16. The number of likely N-dealkylation sites (tertiary alicyclic amines) is 1. The van der Waals surface area contributed by atoms with Gasteiger partial charge in [0.05, 0.1) is 12.7 Å². The Balaban J connectivity index is 1.58. The lowest BCUT2D eigenvalue weighted by Gasteiger charge is -2.30. The molecule has 0 aromatic heterocycles. The Morgan fingerprint density at radius 1 is 1.07 bits per heavy atom. The molecule has 2 aromatic rings. The number of nitrogens with one attached hydrogen (secondary N) is 1. The second-order valence-electron chi connectivity index (χ2n) is 7.20. The molecule has 1 aliphatic heterocycles. The summed E-state index contributed by atoms with van der Waals surface area (Å²) in [5.41, 5.74) is 2.93. The van der Waals surface area contributed by atoms with Gasteiger partial charge in [-0.15, -0.1) is 0 Å². The van der Waals surface area contributed by atoms with Crippen molar-refractivity contribution in [3.8, 4) is 0 Å². The van der Waals surface area contributed by atoms with Crippen LogP contribution < -0.4 is 5.32 Å². The predicted octanol–water partition coefficient (Wildman–Crippen LogP) is 3.96. The Hall–Kier alpha value is -2.66. The first-order valence-electron chi connectivity index (χ1n) is 9.36. The lowest BCUT2D eigenvalue weighted by molar-refractivity contribution is 0.0600. The lowest BCUT2D eigenvalue weighted by Crippen LogP contribution is -2.33. The summed E-state index contributed by atoms with van der Waals surface area (Å²) in [7, 11) is 1.34. The van der Waals surface area contributed by atoms with Gasteiger partial charge in [0.15, 0.2) is 0 Å². The Morgan fingerprint density at radius 2 is 1.74 bits per heavy atom. The van der Waals surface area contributed by atoms with Crippen LogP contribution >= 0.6 is 0 Å². The molecule has 0 saturated carbocycles. The van der Waals surface area contributed by atoms with E-state index in [1.807, 2.05) is 24.3 Å². The Labute approximate surface area is 160 Å². The highest BCUT2D eigenvalue weighted by atomic mass is 16.5. The number of ether oxygens (including phenoxy) is 1. The summed E-state index contributed by atoms with van der Waals surface area (Å²) >= 11 is 0. The maximum atomic E-state index is 12.4. The lowest BCUT2D eigenvalue weighted by atomic mass is 9.99. The summed E-state index contributed by atoms with van der Waals surface area (Å²) in [6, 6.07) is 14.4. The quantitative estimate of drug-likeness (QED) is 0.814. The SMILES string of the molecule is COC(=O)c1ccc(NC(=O)c2ccc(CN3CCC[C@H](C)C3)cc2)cc1. The monoisotopic (exact) mass is 366 g/mol. The molecule has 2 aromatic carbocycles. The molecule has 5 heteroatoms. The molecule has 27 heavy (non-hydrogen) atoms. The largest absolute Gasteiger partial charge is 0.465 e. The van der Waals surface area contributed by atoms with Crippen LogP contribution in [0.15, 0.2) is 48.5 Å². The number of benzene rings is 2. The highest BCUT2D eigenvalue weighted by Crippen LogP contribution is 2.18. The van der Waals surface area contributed by atoms with Gasteiger partial charge in [-0.3, -0.25) is 9.69 Å². The van der Waals surface area contributed by atoms with Gasteiger partial charge in [0, 0.05) is 24.3 Å². The summed E-state index contributed by atoms with van der Waals surface area (Å²) in [5.74, 6) is 0.194. The number of hydrogen-bond acceptors (Lipinski definition) is 4. The predicted molar refractivity (Wildman–Crippen MR) is 106 cm³/mol. The fraction of sp³-hybridized carbons (Fsp3) is 0.364. The Bertz CT molecular complexity index is 784. The molecule has 3 rings (SSSR count). The average Bonchev–Trinajstić information content (AvgIpc) is 2.68. The van der Waals surface area contributed by atoms with Gasteiger partial charge in [0.2, 0.25) is 0 Å². The van der Waals surface area contributed by atoms with Crippen molar-refractivity contribution in [2.45, 2.75) is 26.3 Å². The van der Waals surface area contributed by atoms with Gasteiger partial charge in [-0.1, -0.05) is 19.1 Å². The molecule has 142 valence electrons. The van der Waals surface area contributed by atoms with Gasteiger partial charge in [0.1, 0.15) is 0 Å². The van der Waals surface area contributed by atoms with Gasteiger partial charge in [-0.2, -0.15) is 0 Å². The third kappa shape index (κ3) is 5.17. The molecule has 0 unspecified atom stereocenters. The zero-order valence-electron chi connectivity index (χ0n) is 15.9. The smallest absolute Gasteiger partial charge is 0.337 e. The van der Waals surface area contributed by atoms with E-state index in [4.69, 9.17) is 0 Å². The number of carbonyl (C=O) groups is 2. The molecule has 1 aliphatic rings. The van der Waals surface area contributed by atoms with Crippen molar-refractivity contribution < 1.29 is 14.3 Å². The maximum Gasteiger partial charge on any atom is 0.337 e. The van der Waals surface area contributed by atoms with Gasteiger partial charge < -0.3 is 10.1 Å². The number of methoxy groups -OCH3 is 1. The highest BCUT2D eigenvalue weighted by molar-refractivity contribution is 6.04. The molecule has 1 N–H and O–H groups in total.